The number of halogens is 1. The molecule has 0 N–H and O–H groups in total. The number of carbonyl (C=O) groups excluding carboxylic acids is 1. The third-order valence-corrected chi connectivity index (χ3v) is 4.50. The van der Waals surface area contributed by atoms with Crippen LogP contribution in [0.25, 0.3) is 11.0 Å². The van der Waals surface area contributed by atoms with Crippen molar-refractivity contribution >= 4 is 28.5 Å². The molecular formula is C20H22ClN3O. The fraction of sp³-hybridized carbons (Fsp3) is 0.300. The van der Waals surface area contributed by atoms with Crippen LogP contribution < -0.4 is 0 Å². The third-order valence-electron chi connectivity index (χ3n) is 4.16. The molecule has 0 aliphatic rings. The Hall–Kier alpha value is -2.33. The minimum atomic E-state index is 0.0248. The molecule has 0 fully saturated rings. The zero-order valence-electron chi connectivity index (χ0n) is 14.7. The van der Waals surface area contributed by atoms with Crippen LogP contribution in [0.15, 0.2) is 48.5 Å². The molecule has 0 bridgehead atoms. The second kappa shape index (κ2) is 7.28. The monoisotopic (exact) mass is 355 g/mol. The van der Waals surface area contributed by atoms with Gasteiger partial charge in [-0.1, -0.05) is 44.2 Å². The maximum Gasteiger partial charge on any atom is 0.254 e. The second-order valence-electron chi connectivity index (χ2n) is 6.71. The lowest BCUT2D eigenvalue weighted by atomic mass is 10.1. The van der Waals surface area contributed by atoms with Crippen molar-refractivity contribution in [2.24, 2.45) is 13.0 Å². The zero-order valence-corrected chi connectivity index (χ0v) is 15.5. The Morgan fingerprint density at radius 3 is 2.60 bits per heavy atom. The number of aryl methyl sites for hydroxylation is 1. The molecule has 130 valence electrons. The molecule has 4 nitrogen and oxygen atoms in total. The molecule has 1 amide bonds. The summed E-state index contributed by atoms with van der Waals surface area (Å²) in [6, 6.07) is 15.6. The molecule has 0 atom stereocenters. The molecule has 0 spiro atoms. The van der Waals surface area contributed by atoms with Gasteiger partial charge in [0.05, 0.1) is 11.0 Å². The number of carbonyl (C=O) groups is 1. The first-order valence-electron chi connectivity index (χ1n) is 8.41. The topological polar surface area (TPSA) is 38.1 Å². The van der Waals surface area contributed by atoms with Crippen molar-refractivity contribution in [1.29, 1.82) is 0 Å². The largest absolute Gasteiger partial charge is 0.334 e. The van der Waals surface area contributed by atoms with E-state index in [1.54, 1.807) is 4.57 Å². The number of rotatable bonds is 5. The molecule has 25 heavy (non-hydrogen) atoms. The van der Waals surface area contributed by atoms with Crippen molar-refractivity contribution in [2.75, 3.05) is 6.54 Å². The minimum Gasteiger partial charge on any atom is -0.334 e. The van der Waals surface area contributed by atoms with Crippen molar-refractivity contribution in [3.63, 3.8) is 0 Å². The van der Waals surface area contributed by atoms with Crippen LogP contribution in [0, 0.1) is 5.92 Å². The fourth-order valence-electron chi connectivity index (χ4n) is 2.94. The first-order chi connectivity index (χ1) is 12.0. The van der Waals surface area contributed by atoms with Crippen LogP contribution in [0.1, 0.15) is 29.8 Å². The number of imidazole rings is 1. The smallest absolute Gasteiger partial charge is 0.254 e. The molecule has 2 aromatic carbocycles. The van der Waals surface area contributed by atoms with E-state index >= 15 is 0 Å². The van der Waals surface area contributed by atoms with Gasteiger partial charge < -0.3 is 9.47 Å². The Kier molecular flexibility index (Phi) is 5.09. The molecule has 3 rings (SSSR count). The van der Waals surface area contributed by atoms with E-state index in [1.165, 1.54) is 0 Å². The quantitative estimate of drug-likeness (QED) is 0.674. The number of amides is 1. The number of nitrogens with zero attached hydrogens (tertiary/aromatic N) is 3. The Bertz CT molecular complexity index is 887. The summed E-state index contributed by atoms with van der Waals surface area (Å²) in [4.78, 5) is 19.3. The molecule has 1 aromatic heterocycles. The standard InChI is InChI=1S/C20H22ClN3O/c1-14(2)12-24(13-15-7-5-4-6-8-15)19(25)16-9-10-17-18(11-16)23(3)20(21)22-17/h4-11,14H,12-13H2,1-3H3. The Morgan fingerprint density at radius 1 is 1.20 bits per heavy atom. The Labute approximate surface area is 153 Å². The van der Waals surface area contributed by atoms with Gasteiger partial charge in [0.15, 0.2) is 0 Å². The van der Waals surface area contributed by atoms with E-state index in [0.717, 1.165) is 16.6 Å². The van der Waals surface area contributed by atoms with Crippen LogP contribution in [0.3, 0.4) is 0 Å². The van der Waals surface area contributed by atoms with Crippen LogP contribution >= 0.6 is 11.6 Å². The van der Waals surface area contributed by atoms with Gasteiger partial charge in [0.2, 0.25) is 5.28 Å². The van der Waals surface area contributed by atoms with Gasteiger partial charge >= 0.3 is 0 Å². The molecule has 0 aliphatic heterocycles. The summed E-state index contributed by atoms with van der Waals surface area (Å²) in [5.41, 5.74) is 3.44. The van der Waals surface area contributed by atoms with Crippen LogP contribution in [0.4, 0.5) is 0 Å². The summed E-state index contributed by atoms with van der Waals surface area (Å²) in [5.74, 6) is 0.416. The molecule has 0 saturated carbocycles. The summed E-state index contributed by atoms with van der Waals surface area (Å²) in [5, 5.41) is 0.419. The molecule has 0 aliphatic carbocycles. The zero-order chi connectivity index (χ0) is 18.0. The Balaban J connectivity index is 1.92. The first-order valence-corrected chi connectivity index (χ1v) is 8.78. The van der Waals surface area contributed by atoms with E-state index in [4.69, 9.17) is 11.6 Å². The van der Waals surface area contributed by atoms with E-state index in [9.17, 15) is 4.79 Å². The van der Waals surface area contributed by atoms with E-state index in [-0.39, 0.29) is 5.91 Å². The van der Waals surface area contributed by atoms with Gasteiger partial charge in [0, 0.05) is 25.7 Å². The fourth-order valence-corrected chi connectivity index (χ4v) is 3.12. The maximum atomic E-state index is 13.1. The predicted molar refractivity (Wildman–Crippen MR) is 102 cm³/mol. The molecule has 0 unspecified atom stereocenters. The number of benzene rings is 2. The predicted octanol–water partition coefficient (Wildman–Crippen LogP) is 4.53. The summed E-state index contributed by atoms with van der Waals surface area (Å²) in [6.07, 6.45) is 0. The van der Waals surface area contributed by atoms with Crippen molar-refractivity contribution in [1.82, 2.24) is 14.5 Å². The average molecular weight is 356 g/mol. The van der Waals surface area contributed by atoms with Gasteiger partial charge in [-0.05, 0) is 41.3 Å². The van der Waals surface area contributed by atoms with Crippen LogP contribution in [0.5, 0.6) is 0 Å². The summed E-state index contributed by atoms with van der Waals surface area (Å²) in [6.45, 7) is 5.55. The Morgan fingerprint density at radius 2 is 1.92 bits per heavy atom. The summed E-state index contributed by atoms with van der Waals surface area (Å²) in [7, 11) is 1.85. The van der Waals surface area contributed by atoms with Crippen molar-refractivity contribution in [3.8, 4) is 0 Å². The third kappa shape index (κ3) is 3.85. The lowest BCUT2D eigenvalue weighted by molar-refractivity contribution is 0.0723. The normalized spacial score (nSPS) is 11.2. The van der Waals surface area contributed by atoms with Crippen LogP contribution in [-0.2, 0) is 13.6 Å². The van der Waals surface area contributed by atoms with Gasteiger partial charge in [-0.25, -0.2) is 4.98 Å². The van der Waals surface area contributed by atoms with Crippen molar-refractivity contribution in [3.05, 3.63) is 64.9 Å². The number of aromatic nitrogens is 2. The maximum absolute atomic E-state index is 13.1. The van der Waals surface area contributed by atoms with Crippen molar-refractivity contribution < 1.29 is 4.79 Å². The van der Waals surface area contributed by atoms with Crippen molar-refractivity contribution in [2.45, 2.75) is 20.4 Å². The summed E-state index contributed by atoms with van der Waals surface area (Å²) >= 11 is 6.08. The highest BCUT2D eigenvalue weighted by molar-refractivity contribution is 6.29. The van der Waals surface area contributed by atoms with Gasteiger partial charge in [0.1, 0.15) is 0 Å². The molecule has 0 radical (unpaired) electrons. The number of hydrogen-bond acceptors (Lipinski definition) is 2. The average Bonchev–Trinajstić information content (AvgIpc) is 2.88. The summed E-state index contributed by atoms with van der Waals surface area (Å²) < 4.78 is 1.79. The van der Waals surface area contributed by atoms with Gasteiger partial charge in [-0.15, -0.1) is 0 Å². The van der Waals surface area contributed by atoms with Crippen LogP contribution in [-0.4, -0.2) is 26.9 Å². The molecular weight excluding hydrogens is 334 g/mol. The lowest BCUT2D eigenvalue weighted by Gasteiger charge is -2.25. The van der Waals surface area contributed by atoms with Crippen LogP contribution in [0.2, 0.25) is 5.28 Å². The number of fused-ring (bicyclic) bond motifs is 1. The highest BCUT2D eigenvalue weighted by atomic mass is 35.5. The highest BCUT2D eigenvalue weighted by Gasteiger charge is 2.19. The number of hydrogen-bond donors (Lipinski definition) is 0. The van der Waals surface area contributed by atoms with E-state index < -0.39 is 0 Å². The SMILES string of the molecule is CC(C)CN(Cc1ccccc1)C(=O)c1ccc2nc(Cl)n(C)c2c1. The molecule has 5 heteroatoms. The van der Waals surface area contributed by atoms with Gasteiger partial charge in [-0.2, -0.15) is 0 Å². The first kappa shape index (κ1) is 17.5. The van der Waals surface area contributed by atoms with Gasteiger partial charge in [-0.3, -0.25) is 4.79 Å². The van der Waals surface area contributed by atoms with E-state index in [1.807, 2.05) is 60.5 Å². The van der Waals surface area contributed by atoms with Gasteiger partial charge in [0.25, 0.3) is 5.91 Å². The molecule has 1 heterocycles. The lowest BCUT2D eigenvalue weighted by Crippen LogP contribution is -2.33. The molecule has 3 aromatic rings. The van der Waals surface area contributed by atoms with E-state index in [2.05, 4.69) is 18.8 Å². The second-order valence-corrected chi connectivity index (χ2v) is 7.05. The highest BCUT2D eigenvalue weighted by Crippen LogP contribution is 2.21. The van der Waals surface area contributed by atoms with E-state index in [0.29, 0.717) is 29.9 Å². The minimum absolute atomic E-state index is 0.0248. The molecule has 0 saturated heterocycles.